The average Bonchev–Trinajstić information content (AvgIpc) is 2.38. The molecule has 0 amide bonds. The number of aromatic nitrogens is 2. The fourth-order valence-corrected chi connectivity index (χ4v) is 1.35. The lowest BCUT2D eigenvalue weighted by molar-refractivity contribution is 0.300. The molecule has 94 valence electrons. The quantitative estimate of drug-likeness (QED) is 0.762. The lowest BCUT2D eigenvalue weighted by Crippen LogP contribution is -1.98. The number of nitrogens with zero attached hydrogens (tertiary/aromatic N) is 2. The van der Waals surface area contributed by atoms with Gasteiger partial charge in [0.2, 0.25) is 11.8 Å². The summed E-state index contributed by atoms with van der Waals surface area (Å²) >= 11 is 0. The van der Waals surface area contributed by atoms with E-state index in [9.17, 15) is 4.39 Å². The van der Waals surface area contributed by atoms with E-state index in [-0.39, 0.29) is 5.88 Å². The van der Waals surface area contributed by atoms with Crippen molar-refractivity contribution in [1.82, 2.24) is 9.97 Å². The number of hydrogen-bond acceptors (Lipinski definition) is 4. The van der Waals surface area contributed by atoms with Gasteiger partial charge in [-0.3, -0.25) is 0 Å². The zero-order chi connectivity index (χ0) is 12.8. The van der Waals surface area contributed by atoms with Crippen molar-refractivity contribution >= 4 is 0 Å². The predicted octanol–water partition coefficient (Wildman–Crippen LogP) is 3.20. The minimum Gasteiger partial charge on any atom is -0.490 e. The molecular weight excluding hydrogens is 235 g/mol. The molecule has 4 nitrogen and oxygen atoms in total. The van der Waals surface area contributed by atoms with Gasteiger partial charge in [-0.2, -0.15) is 4.39 Å². The van der Waals surface area contributed by atoms with E-state index in [0.29, 0.717) is 18.1 Å². The van der Waals surface area contributed by atoms with Crippen LogP contribution in [0.1, 0.15) is 13.3 Å². The zero-order valence-electron chi connectivity index (χ0n) is 9.97. The van der Waals surface area contributed by atoms with Crippen molar-refractivity contribution in [1.29, 1.82) is 0 Å². The SMILES string of the molecule is CCCOc1ccccc1Oc1cc(F)ncn1. The van der Waals surface area contributed by atoms with Gasteiger partial charge in [0, 0.05) is 0 Å². The van der Waals surface area contributed by atoms with E-state index in [1.54, 1.807) is 12.1 Å². The van der Waals surface area contributed by atoms with Crippen molar-refractivity contribution in [2.24, 2.45) is 0 Å². The highest BCUT2D eigenvalue weighted by atomic mass is 19.1. The normalized spacial score (nSPS) is 10.1. The molecule has 0 bridgehead atoms. The van der Waals surface area contributed by atoms with Crippen molar-refractivity contribution in [3.05, 3.63) is 42.6 Å². The molecule has 1 aromatic carbocycles. The Bertz CT molecular complexity index is 520. The molecule has 0 saturated heterocycles. The third-order valence-corrected chi connectivity index (χ3v) is 2.13. The standard InChI is InChI=1S/C13H13FN2O2/c1-2-7-17-10-5-3-4-6-11(10)18-13-8-12(14)15-9-16-13/h3-6,8-9H,2,7H2,1H3. The minimum atomic E-state index is -0.632. The van der Waals surface area contributed by atoms with Crippen LogP contribution in [0.15, 0.2) is 36.7 Å². The maximum Gasteiger partial charge on any atom is 0.225 e. The van der Waals surface area contributed by atoms with Crippen LogP contribution in [0.25, 0.3) is 0 Å². The van der Waals surface area contributed by atoms with E-state index in [2.05, 4.69) is 9.97 Å². The van der Waals surface area contributed by atoms with Gasteiger partial charge < -0.3 is 9.47 Å². The topological polar surface area (TPSA) is 44.2 Å². The molecule has 0 saturated carbocycles. The number of rotatable bonds is 5. The van der Waals surface area contributed by atoms with Crippen LogP contribution in [0.4, 0.5) is 4.39 Å². The molecule has 0 fully saturated rings. The third kappa shape index (κ3) is 3.16. The van der Waals surface area contributed by atoms with Crippen LogP contribution in [0, 0.1) is 5.95 Å². The largest absolute Gasteiger partial charge is 0.490 e. The third-order valence-electron chi connectivity index (χ3n) is 2.13. The Morgan fingerprint density at radius 3 is 2.67 bits per heavy atom. The number of hydrogen-bond donors (Lipinski definition) is 0. The number of para-hydroxylation sites is 2. The molecule has 2 rings (SSSR count). The summed E-state index contributed by atoms with van der Waals surface area (Å²) in [5, 5.41) is 0. The lowest BCUT2D eigenvalue weighted by Gasteiger charge is -2.10. The molecule has 0 aliphatic rings. The second kappa shape index (κ2) is 5.95. The Balaban J connectivity index is 2.17. The second-order valence-electron chi connectivity index (χ2n) is 3.58. The summed E-state index contributed by atoms with van der Waals surface area (Å²) in [4.78, 5) is 7.19. The zero-order valence-corrected chi connectivity index (χ0v) is 9.97. The van der Waals surface area contributed by atoms with Crippen molar-refractivity contribution in [2.45, 2.75) is 13.3 Å². The molecule has 0 spiro atoms. The first-order chi connectivity index (χ1) is 8.79. The summed E-state index contributed by atoms with van der Waals surface area (Å²) in [5.74, 6) is 0.629. The Labute approximate surface area is 104 Å². The van der Waals surface area contributed by atoms with Crippen molar-refractivity contribution < 1.29 is 13.9 Å². The maximum absolute atomic E-state index is 12.9. The Kier molecular flexibility index (Phi) is 4.06. The maximum atomic E-state index is 12.9. The van der Waals surface area contributed by atoms with Crippen molar-refractivity contribution in [2.75, 3.05) is 6.61 Å². The van der Waals surface area contributed by atoms with Crippen LogP contribution in [0.3, 0.4) is 0 Å². The van der Waals surface area contributed by atoms with E-state index in [0.717, 1.165) is 18.8 Å². The van der Waals surface area contributed by atoms with Gasteiger partial charge in [0.15, 0.2) is 11.5 Å². The first-order valence-electron chi connectivity index (χ1n) is 5.67. The second-order valence-corrected chi connectivity index (χ2v) is 3.58. The molecule has 0 aliphatic carbocycles. The number of halogens is 1. The van der Waals surface area contributed by atoms with Crippen molar-refractivity contribution in [3.63, 3.8) is 0 Å². The lowest BCUT2D eigenvalue weighted by atomic mass is 10.3. The Hall–Kier alpha value is -2.17. The van der Waals surface area contributed by atoms with E-state index < -0.39 is 5.95 Å². The first kappa shape index (κ1) is 12.3. The summed E-state index contributed by atoms with van der Waals surface area (Å²) in [5.41, 5.74) is 0. The molecule has 0 radical (unpaired) electrons. The highest BCUT2D eigenvalue weighted by molar-refractivity contribution is 5.41. The molecule has 18 heavy (non-hydrogen) atoms. The van der Waals surface area contributed by atoms with E-state index in [4.69, 9.17) is 9.47 Å². The van der Waals surface area contributed by atoms with Gasteiger partial charge in [-0.25, -0.2) is 9.97 Å². The van der Waals surface area contributed by atoms with Gasteiger partial charge >= 0.3 is 0 Å². The fraction of sp³-hybridized carbons (Fsp3) is 0.231. The molecule has 2 aromatic rings. The summed E-state index contributed by atoms with van der Waals surface area (Å²) in [6, 6.07) is 8.31. The molecule has 0 aliphatic heterocycles. The summed E-state index contributed by atoms with van der Waals surface area (Å²) < 4.78 is 23.9. The Morgan fingerprint density at radius 1 is 1.17 bits per heavy atom. The Morgan fingerprint density at radius 2 is 1.94 bits per heavy atom. The van der Waals surface area contributed by atoms with E-state index in [1.807, 2.05) is 19.1 Å². The van der Waals surface area contributed by atoms with Crippen LogP contribution in [-0.2, 0) is 0 Å². The van der Waals surface area contributed by atoms with Crippen LogP contribution in [0.2, 0.25) is 0 Å². The molecule has 1 heterocycles. The van der Waals surface area contributed by atoms with Crippen LogP contribution >= 0.6 is 0 Å². The van der Waals surface area contributed by atoms with Crippen LogP contribution < -0.4 is 9.47 Å². The molecule has 0 N–H and O–H groups in total. The van der Waals surface area contributed by atoms with Gasteiger partial charge in [-0.15, -0.1) is 0 Å². The highest BCUT2D eigenvalue weighted by Crippen LogP contribution is 2.30. The molecule has 0 unspecified atom stereocenters. The van der Waals surface area contributed by atoms with Gasteiger partial charge in [0.05, 0.1) is 12.7 Å². The average molecular weight is 248 g/mol. The first-order valence-corrected chi connectivity index (χ1v) is 5.67. The number of ether oxygens (including phenoxy) is 2. The summed E-state index contributed by atoms with van der Waals surface area (Å²) in [7, 11) is 0. The number of benzene rings is 1. The van der Waals surface area contributed by atoms with E-state index >= 15 is 0 Å². The smallest absolute Gasteiger partial charge is 0.225 e. The predicted molar refractivity (Wildman–Crippen MR) is 64.3 cm³/mol. The van der Waals surface area contributed by atoms with E-state index in [1.165, 1.54) is 0 Å². The molecule has 5 heteroatoms. The summed E-state index contributed by atoms with van der Waals surface area (Å²) in [6.07, 6.45) is 2.01. The van der Waals surface area contributed by atoms with Crippen LogP contribution in [-0.4, -0.2) is 16.6 Å². The van der Waals surface area contributed by atoms with Crippen LogP contribution in [0.5, 0.6) is 17.4 Å². The van der Waals surface area contributed by atoms with Crippen molar-refractivity contribution in [3.8, 4) is 17.4 Å². The minimum absolute atomic E-state index is 0.148. The molecule has 1 aromatic heterocycles. The highest BCUT2D eigenvalue weighted by Gasteiger charge is 2.07. The monoisotopic (exact) mass is 248 g/mol. The van der Waals surface area contributed by atoms with Gasteiger partial charge in [-0.05, 0) is 18.6 Å². The summed E-state index contributed by atoms with van der Waals surface area (Å²) in [6.45, 7) is 2.61. The van der Waals surface area contributed by atoms with Gasteiger partial charge in [0.25, 0.3) is 0 Å². The molecular formula is C13H13FN2O2. The fourth-order valence-electron chi connectivity index (χ4n) is 1.35. The van der Waals surface area contributed by atoms with Gasteiger partial charge in [-0.1, -0.05) is 19.1 Å². The van der Waals surface area contributed by atoms with Gasteiger partial charge in [0.1, 0.15) is 6.33 Å². The molecule has 0 atom stereocenters.